The second-order valence-electron chi connectivity index (χ2n) is 5.56. The van der Waals surface area contributed by atoms with Gasteiger partial charge in [-0.2, -0.15) is 0 Å². The SMILES string of the molecule is C[C@H](C(=O)O)N1C(=O)[C@@H]2[C@H]3C[C@@H]([C@H](Br)[C@H]3Br)[C@@H]2C1=O. The van der Waals surface area contributed by atoms with Gasteiger partial charge in [0.2, 0.25) is 11.8 Å². The maximum Gasteiger partial charge on any atom is 0.326 e. The third-order valence-electron chi connectivity index (χ3n) is 4.77. The van der Waals surface area contributed by atoms with Gasteiger partial charge in [0.1, 0.15) is 6.04 Å². The van der Waals surface area contributed by atoms with Gasteiger partial charge in [-0.05, 0) is 25.2 Å². The lowest BCUT2D eigenvalue weighted by Gasteiger charge is -2.28. The molecule has 104 valence electrons. The van der Waals surface area contributed by atoms with E-state index in [2.05, 4.69) is 31.9 Å². The highest BCUT2D eigenvalue weighted by Crippen LogP contribution is 2.60. The van der Waals surface area contributed by atoms with E-state index in [1.54, 1.807) is 0 Å². The van der Waals surface area contributed by atoms with Crippen LogP contribution in [-0.2, 0) is 14.4 Å². The van der Waals surface area contributed by atoms with E-state index in [4.69, 9.17) is 5.11 Å². The molecule has 1 saturated heterocycles. The Labute approximate surface area is 127 Å². The molecular weight excluding hydrogens is 382 g/mol. The molecule has 2 aliphatic carbocycles. The fourth-order valence-electron chi connectivity index (χ4n) is 3.86. The number of carbonyl (C=O) groups is 3. The first-order valence-electron chi connectivity index (χ1n) is 6.24. The molecule has 0 radical (unpaired) electrons. The molecule has 0 aromatic rings. The minimum Gasteiger partial charge on any atom is -0.480 e. The molecule has 0 spiro atoms. The summed E-state index contributed by atoms with van der Waals surface area (Å²) in [5.41, 5.74) is 0. The standard InChI is InChI=1S/C12H13Br2NO4/c1-3(12(18)19)15-10(16)6-4-2-5(7(6)11(15)17)9(14)8(4)13/h3-9H,2H2,1H3,(H,18,19)/t3-,4-,5-,6-,7+,8+,9+/m1/s1. The Morgan fingerprint density at radius 2 is 1.63 bits per heavy atom. The molecule has 3 aliphatic rings. The van der Waals surface area contributed by atoms with Crippen LogP contribution in [0.1, 0.15) is 13.3 Å². The molecule has 0 aromatic carbocycles. The quantitative estimate of drug-likeness (QED) is 0.564. The number of hydrogen-bond donors (Lipinski definition) is 1. The Bertz CT molecular complexity index is 450. The summed E-state index contributed by atoms with van der Waals surface area (Å²) in [7, 11) is 0. The van der Waals surface area contributed by atoms with Crippen molar-refractivity contribution in [3.05, 3.63) is 0 Å². The molecule has 3 rings (SSSR count). The molecule has 2 bridgehead atoms. The van der Waals surface area contributed by atoms with Gasteiger partial charge in [-0.15, -0.1) is 0 Å². The number of carbonyl (C=O) groups excluding carboxylic acids is 2. The number of hydrogen-bond acceptors (Lipinski definition) is 3. The number of aliphatic carboxylic acids is 1. The van der Waals surface area contributed by atoms with Crippen LogP contribution in [-0.4, -0.2) is 43.5 Å². The van der Waals surface area contributed by atoms with Gasteiger partial charge in [-0.1, -0.05) is 31.9 Å². The molecule has 19 heavy (non-hydrogen) atoms. The fourth-order valence-corrected chi connectivity index (χ4v) is 5.74. The lowest BCUT2D eigenvalue weighted by Crippen LogP contribution is -2.44. The van der Waals surface area contributed by atoms with Crippen molar-refractivity contribution in [2.45, 2.75) is 29.0 Å². The molecule has 7 atom stereocenters. The van der Waals surface area contributed by atoms with Gasteiger partial charge < -0.3 is 5.11 Å². The molecule has 0 unspecified atom stereocenters. The summed E-state index contributed by atoms with van der Waals surface area (Å²) in [5, 5.41) is 9.03. The van der Waals surface area contributed by atoms with Crippen molar-refractivity contribution < 1.29 is 19.5 Å². The van der Waals surface area contributed by atoms with Gasteiger partial charge in [0.25, 0.3) is 0 Å². The molecule has 3 fully saturated rings. The van der Waals surface area contributed by atoms with E-state index in [0.717, 1.165) is 11.3 Å². The second kappa shape index (κ2) is 4.28. The third kappa shape index (κ3) is 1.60. The van der Waals surface area contributed by atoms with Crippen LogP contribution in [0.5, 0.6) is 0 Å². The lowest BCUT2D eigenvalue weighted by atomic mass is 9.81. The van der Waals surface area contributed by atoms with E-state index in [1.165, 1.54) is 6.92 Å². The van der Waals surface area contributed by atoms with Crippen molar-refractivity contribution in [1.29, 1.82) is 0 Å². The zero-order valence-corrected chi connectivity index (χ0v) is 13.3. The number of amides is 2. The number of likely N-dealkylation sites (tertiary alicyclic amines) is 1. The monoisotopic (exact) mass is 393 g/mol. The van der Waals surface area contributed by atoms with Gasteiger partial charge in [-0.3, -0.25) is 14.5 Å². The summed E-state index contributed by atoms with van der Waals surface area (Å²) >= 11 is 7.17. The fraction of sp³-hybridized carbons (Fsp3) is 0.750. The summed E-state index contributed by atoms with van der Waals surface area (Å²) in [6, 6.07) is -1.08. The molecular formula is C12H13Br2NO4. The van der Waals surface area contributed by atoms with Crippen LogP contribution in [0.3, 0.4) is 0 Å². The molecule has 1 aliphatic heterocycles. The predicted molar refractivity (Wildman–Crippen MR) is 73.0 cm³/mol. The van der Waals surface area contributed by atoms with Crippen LogP contribution in [0.4, 0.5) is 0 Å². The van der Waals surface area contributed by atoms with Crippen LogP contribution in [0, 0.1) is 23.7 Å². The lowest BCUT2D eigenvalue weighted by molar-refractivity contribution is -0.154. The Morgan fingerprint density at radius 1 is 1.21 bits per heavy atom. The van der Waals surface area contributed by atoms with E-state index in [-0.39, 0.29) is 45.1 Å². The number of nitrogens with zero attached hydrogens (tertiary/aromatic N) is 1. The minimum absolute atomic E-state index is 0.127. The summed E-state index contributed by atoms with van der Waals surface area (Å²) in [5.74, 6) is -2.17. The van der Waals surface area contributed by atoms with Gasteiger partial charge in [0, 0.05) is 9.65 Å². The highest BCUT2D eigenvalue weighted by Gasteiger charge is 2.67. The van der Waals surface area contributed by atoms with Gasteiger partial charge in [0.05, 0.1) is 11.8 Å². The molecule has 1 N–H and O–H groups in total. The summed E-state index contributed by atoms with van der Waals surface area (Å²) in [6.07, 6.45) is 0.855. The van der Waals surface area contributed by atoms with Gasteiger partial charge in [0.15, 0.2) is 0 Å². The molecule has 1 heterocycles. The first kappa shape index (κ1) is 13.5. The highest BCUT2D eigenvalue weighted by atomic mass is 79.9. The van der Waals surface area contributed by atoms with Crippen molar-refractivity contribution in [1.82, 2.24) is 4.90 Å². The summed E-state index contributed by atoms with van der Waals surface area (Å²) in [4.78, 5) is 37.1. The maximum atomic E-state index is 12.4. The third-order valence-corrected chi connectivity index (χ3v) is 7.97. The second-order valence-corrected chi connectivity index (χ2v) is 7.68. The number of alkyl halides is 2. The Morgan fingerprint density at radius 3 is 2.00 bits per heavy atom. The zero-order chi connectivity index (χ0) is 14.1. The highest BCUT2D eigenvalue weighted by molar-refractivity contribution is 9.12. The average molecular weight is 395 g/mol. The number of imide groups is 1. The molecule has 0 aromatic heterocycles. The first-order chi connectivity index (χ1) is 8.86. The molecule has 7 heteroatoms. The largest absolute Gasteiger partial charge is 0.480 e. The number of halogens is 2. The Kier molecular flexibility index (Phi) is 3.05. The normalized spacial score (nSPS) is 45.7. The van der Waals surface area contributed by atoms with Crippen LogP contribution in [0.2, 0.25) is 0 Å². The first-order valence-corrected chi connectivity index (χ1v) is 8.07. The maximum absolute atomic E-state index is 12.4. The Hall–Kier alpha value is -0.430. The average Bonchev–Trinajstić information content (AvgIpc) is 2.94. The van der Waals surface area contributed by atoms with Crippen LogP contribution in [0.15, 0.2) is 0 Å². The van der Waals surface area contributed by atoms with Gasteiger partial charge >= 0.3 is 5.97 Å². The minimum atomic E-state index is -1.14. The smallest absolute Gasteiger partial charge is 0.326 e. The van der Waals surface area contributed by atoms with Crippen molar-refractivity contribution in [2.24, 2.45) is 23.7 Å². The van der Waals surface area contributed by atoms with Crippen LogP contribution >= 0.6 is 31.9 Å². The zero-order valence-electron chi connectivity index (χ0n) is 10.1. The van der Waals surface area contributed by atoms with Crippen molar-refractivity contribution in [3.8, 4) is 0 Å². The van der Waals surface area contributed by atoms with Crippen LogP contribution in [0.25, 0.3) is 0 Å². The van der Waals surface area contributed by atoms with E-state index in [9.17, 15) is 14.4 Å². The van der Waals surface area contributed by atoms with Gasteiger partial charge in [-0.25, -0.2) is 4.79 Å². The number of rotatable bonds is 2. The van der Waals surface area contributed by atoms with Crippen LogP contribution < -0.4 is 0 Å². The van der Waals surface area contributed by atoms with Crippen molar-refractivity contribution in [2.75, 3.05) is 0 Å². The molecule has 2 amide bonds. The number of carboxylic acid groups (broad SMARTS) is 1. The summed E-state index contributed by atoms with van der Waals surface area (Å²) < 4.78 is 0. The van der Waals surface area contributed by atoms with Crippen molar-refractivity contribution in [3.63, 3.8) is 0 Å². The number of fused-ring (bicyclic) bond motifs is 5. The van der Waals surface area contributed by atoms with E-state index in [0.29, 0.717) is 0 Å². The van der Waals surface area contributed by atoms with E-state index >= 15 is 0 Å². The predicted octanol–water partition coefficient (Wildman–Crippen LogP) is 1.24. The molecule has 5 nitrogen and oxygen atoms in total. The van der Waals surface area contributed by atoms with Crippen molar-refractivity contribution >= 4 is 49.6 Å². The number of carboxylic acids is 1. The summed E-state index contributed by atoms with van der Waals surface area (Å²) in [6.45, 7) is 1.39. The topological polar surface area (TPSA) is 74.7 Å². The Balaban J connectivity index is 1.95. The van der Waals surface area contributed by atoms with E-state index < -0.39 is 12.0 Å². The van der Waals surface area contributed by atoms with E-state index in [1.807, 2.05) is 0 Å². The molecule has 2 saturated carbocycles.